The summed E-state index contributed by atoms with van der Waals surface area (Å²) < 4.78 is 0. The first-order valence-electron chi connectivity index (χ1n) is 7.85. The van der Waals surface area contributed by atoms with Gasteiger partial charge in [-0.2, -0.15) is 0 Å². The zero-order valence-corrected chi connectivity index (χ0v) is 13.2. The van der Waals surface area contributed by atoms with Gasteiger partial charge in [-0.15, -0.1) is 0 Å². The van der Waals surface area contributed by atoms with Crippen LogP contribution in [0.3, 0.4) is 0 Å². The summed E-state index contributed by atoms with van der Waals surface area (Å²) in [4.78, 5) is 2.74. The average Bonchev–Trinajstić information content (AvgIpc) is 2.28. The molecule has 2 N–H and O–H groups in total. The Morgan fingerprint density at radius 1 is 1.17 bits per heavy atom. The van der Waals surface area contributed by atoms with E-state index in [9.17, 15) is 0 Å². The second-order valence-electron chi connectivity index (χ2n) is 7.21. The number of hydrogen-bond acceptors (Lipinski definition) is 2. The molecule has 0 spiro atoms. The molecule has 0 bridgehead atoms. The molecule has 1 aliphatic carbocycles. The summed E-state index contributed by atoms with van der Waals surface area (Å²) in [7, 11) is 0. The van der Waals surface area contributed by atoms with Crippen molar-refractivity contribution in [3.05, 3.63) is 0 Å². The van der Waals surface area contributed by atoms with Crippen LogP contribution in [0.1, 0.15) is 60.3 Å². The van der Waals surface area contributed by atoms with Gasteiger partial charge in [0.25, 0.3) is 0 Å². The minimum atomic E-state index is 0.242. The maximum absolute atomic E-state index is 5.92. The zero-order chi connectivity index (χ0) is 13.8. The lowest BCUT2D eigenvalue weighted by atomic mass is 9.77. The first kappa shape index (κ1) is 16.0. The molecule has 1 saturated carbocycles. The number of nitrogens with two attached hydrogens (primary N) is 1. The highest BCUT2D eigenvalue weighted by Gasteiger charge is 2.34. The van der Waals surface area contributed by atoms with Crippen LogP contribution in [0.5, 0.6) is 0 Å². The third-order valence-corrected chi connectivity index (χ3v) is 4.60. The van der Waals surface area contributed by atoms with E-state index in [1.165, 1.54) is 32.2 Å². The van der Waals surface area contributed by atoms with Gasteiger partial charge in [0, 0.05) is 12.6 Å². The Labute approximate surface area is 114 Å². The van der Waals surface area contributed by atoms with Crippen LogP contribution in [-0.4, -0.2) is 30.6 Å². The SMILES string of the molecule is CCCN(CC(C)(C)CN)C1C(C)CCCC1C. The standard InChI is InChI=1S/C16H34N2/c1-6-10-18(12-16(4,5)11-17)15-13(2)8-7-9-14(15)3/h13-15H,6-12,17H2,1-5H3. The van der Waals surface area contributed by atoms with Gasteiger partial charge >= 0.3 is 0 Å². The molecule has 18 heavy (non-hydrogen) atoms. The molecule has 0 aromatic rings. The first-order chi connectivity index (χ1) is 8.41. The van der Waals surface area contributed by atoms with E-state index in [0.717, 1.165) is 31.0 Å². The second kappa shape index (κ2) is 6.91. The van der Waals surface area contributed by atoms with Crippen molar-refractivity contribution in [3.63, 3.8) is 0 Å². The van der Waals surface area contributed by atoms with E-state index in [0.29, 0.717) is 0 Å². The number of nitrogens with zero attached hydrogens (tertiary/aromatic N) is 1. The molecule has 1 fully saturated rings. The van der Waals surface area contributed by atoms with Crippen molar-refractivity contribution in [1.82, 2.24) is 4.90 Å². The Morgan fingerprint density at radius 2 is 1.72 bits per heavy atom. The van der Waals surface area contributed by atoms with Crippen molar-refractivity contribution >= 4 is 0 Å². The minimum Gasteiger partial charge on any atom is -0.330 e. The van der Waals surface area contributed by atoms with Gasteiger partial charge in [0.1, 0.15) is 0 Å². The fraction of sp³-hybridized carbons (Fsp3) is 1.00. The smallest absolute Gasteiger partial charge is 0.0147 e. The van der Waals surface area contributed by atoms with Gasteiger partial charge in [-0.25, -0.2) is 0 Å². The van der Waals surface area contributed by atoms with Gasteiger partial charge in [-0.3, -0.25) is 4.90 Å². The van der Waals surface area contributed by atoms with E-state index in [1.807, 2.05) is 0 Å². The van der Waals surface area contributed by atoms with E-state index < -0.39 is 0 Å². The fourth-order valence-corrected chi connectivity index (χ4v) is 3.62. The van der Waals surface area contributed by atoms with Crippen LogP contribution in [0, 0.1) is 17.3 Å². The van der Waals surface area contributed by atoms with Crippen LogP contribution in [0.2, 0.25) is 0 Å². The summed E-state index contributed by atoms with van der Waals surface area (Å²) in [6, 6.07) is 0.768. The van der Waals surface area contributed by atoms with Crippen LogP contribution >= 0.6 is 0 Å². The van der Waals surface area contributed by atoms with Crippen molar-refractivity contribution < 1.29 is 0 Å². The van der Waals surface area contributed by atoms with Gasteiger partial charge in [0.05, 0.1) is 0 Å². The Balaban J connectivity index is 2.75. The maximum Gasteiger partial charge on any atom is 0.0147 e. The normalized spacial score (nSPS) is 29.8. The summed E-state index contributed by atoms with van der Waals surface area (Å²) in [5.74, 6) is 1.68. The Morgan fingerprint density at radius 3 is 2.17 bits per heavy atom. The van der Waals surface area contributed by atoms with Crippen LogP contribution < -0.4 is 5.73 Å². The molecule has 0 radical (unpaired) electrons. The third kappa shape index (κ3) is 4.24. The molecule has 0 aromatic carbocycles. The Bertz CT molecular complexity index is 227. The topological polar surface area (TPSA) is 29.3 Å². The van der Waals surface area contributed by atoms with Crippen LogP contribution in [0.25, 0.3) is 0 Å². The molecule has 0 amide bonds. The highest BCUT2D eigenvalue weighted by atomic mass is 15.2. The molecule has 0 aromatic heterocycles. The van der Waals surface area contributed by atoms with E-state index in [-0.39, 0.29) is 5.41 Å². The van der Waals surface area contributed by atoms with Gasteiger partial charge < -0.3 is 5.73 Å². The van der Waals surface area contributed by atoms with Crippen LogP contribution in [-0.2, 0) is 0 Å². The number of rotatable bonds is 6. The third-order valence-electron chi connectivity index (χ3n) is 4.60. The maximum atomic E-state index is 5.92. The van der Waals surface area contributed by atoms with Crippen molar-refractivity contribution in [3.8, 4) is 0 Å². The fourth-order valence-electron chi connectivity index (χ4n) is 3.62. The molecular weight excluding hydrogens is 220 g/mol. The van der Waals surface area contributed by atoms with Crippen molar-refractivity contribution in [2.45, 2.75) is 66.3 Å². The molecule has 108 valence electrons. The summed E-state index contributed by atoms with van der Waals surface area (Å²) in [5, 5.41) is 0. The van der Waals surface area contributed by atoms with Gasteiger partial charge in [0.2, 0.25) is 0 Å². The van der Waals surface area contributed by atoms with E-state index in [1.54, 1.807) is 0 Å². The summed E-state index contributed by atoms with van der Waals surface area (Å²) >= 11 is 0. The summed E-state index contributed by atoms with van der Waals surface area (Å²) in [6.45, 7) is 14.9. The predicted octanol–water partition coefficient (Wildman–Crippen LogP) is 3.51. The van der Waals surface area contributed by atoms with E-state index >= 15 is 0 Å². The number of hydrogen-bond donors (Lipinski definition) is 1. The molecule has 2 atom stereocenters. The van der Waals surface area contributed by atoms with Crippen molar-refractivity contribution in [2.24, 2.45) is 23.0 Å². The zero-order valence-electron chi connectivity index (χ0n) is 13.2. The van der Waals surface area contributed by atoms with E-state index in [2.05, 4.69) is 39.5 Å². The Hall–Kier alpha value is -0.0800. The largest absolute Gasteiger partial charge is 0.330 e. The van der Waals surface area contributed by atoms with Crippen molar-refractivity contribution in [1.29, 1.82) is 0 Å². The molecule has 0 aliphatic heterocycles. The lowest BCUT2D eigenvalue weighted by Crippen LogP contribution is -2.51. The highest BCUT2D eigenvalue weighted by Crippen LogP contribution is 2.34. The molecule has 2 nitrogen and oxygen atoms in total. The summed E-state index contributed by atoms with van der Waals surface area (Å²) in [6.07, 6.45) is 5.46. The minimum absolute atomic E-state index is 0.242. The first-order valence-corrected chi connectivity index (χ1v) is 7.85. The molecular formula is C16H34N2. The second-order valence-corrected chi connectivity index (χ2v) is 7.21. The average molecular weight is 254 g/mol. The van der Waals surface area contributed by atoms with Crippen LogP contribution in [0.4, 0.5) is 0 Å². The molecule has 2 unspecified atom stereocenters. The van der Waals surface area contributed by atoms with Gasteiger partial charge in [0.15, 0.2) is 0 Å². The van der Waals surface area contributed by atoms with Crippen LogP contribution in [0.15, 0.2) is 0 Å². The summed E-state index contributed by atoms with van der Waals surface area (Å²) in [5.41, 5.74) is 6.17. The van der Waals surface area contributed by atoms with Crippen molar-refractivity contribution in [2.75, 3.05) is 19.6 Å². The van der Waals surface area contributed by atoms with Gasteiger partial charge in [-0.1, -0.05) is 41.0 Å². The predicted molar refractivity (Wildman–Crippen MR) is 80.7 cm³/mol. The highest BCUT2D eigenvalue weighted by molar-refractivity contribution is 4.88. The Kier molecular flexibility index (Phi) is 6.13. The monoisotopic (exact) mass is 254 g/mol. The van der Waals surface area contributed by atoms with Gasteiger partial charge in [-0.05, 0) is 49.6 Å². The molecule has 0 heterocycles. The molecule has 2 heteroatoms. The lowest BCUT2D eigenvalue weighted by Gasteiger charge is -2.45. The van der Waals surface area contributed by atoms with E-state index in [4.69, 9.17) is 5.73 Å². The molecule has 0 saturated heterocycles. The quantitative estimate of drug-likeness (QED) is 0.786. The molecule has 1 rings (SSSR count). The molecule has 1 aliphatic rings. The lowest BCUT2D eigenvalue weighted by molar-refractivity contribution is 0.0415.